The van der Waals surface area contributed by atoms with Crippen molar-refractivity contribution in [3.05, 3.63) is 17.5 Å². The molecule has 4 nitrogen and oxygen atoms in total. The molecule has 0 spiro atoms. The zero-order chi connectivity index (χ0) is 12.8. The van der Waals surface area contributed by atoms with E-state index < -0.39 is 0 Å². The van der Waals surface area contributed by atoms with Crippen molar-refractivity contribution in [2.45, 2.75) is 47.3 Å². The minimum atomic E-state index is 0.110. The van der Waals surface area contributed by atoms with Crippen LogP contribution in [0.4, 0.5) is 0 Å². The fourth-order valence-corrected chi connectivity index (χ4v) is 1.41. The molecule has 1 heterocycles. The molecule has 1 aromatic heterocycles. The Morgan fingerprint density at radius 3 is 2.53 bits per heavy atom. The van der Waals surface area contributed by atoms with E-state index in [4.69, 9.17) is 4.74 Å². The summed E-state index contributed by atoms with van der Waals surface area (Å²) in [7, 11) is 0. The first-order valence-corrected chi connectivity index (χ1v) is 6.19. The van der Waals surface area contributed by atoms with Crippen LogP contribution in [0, 0.1) is 12.8 Å². The van der Waals surface area contributed by atoms with Crippen LogP contribution in [0.2, 0.25) is 0 Å². The van der Waals surface area contributed by atoms with Crippen molar-refractivity contribution in [1.82, 2.24) is 15.3 Å². The van der Waals surface area contributed by atoms with E-state index >= 15 is 0 Å². The van der Waals surface area contributed by atoms with Crippen LogP contribution < -0.4 is 10.1 Å². The lowest BCUT2D eigenvalue weighted by atomic mass is 10.2. The molecule has 0 fully saturated rings. The zero-order valence-electron chi connectivity index (χ0n) is 11.4. The van der Waals surface area contributed by atoms with Crippen molar-refractivity contribution >= 4 is 0 Å². The third-order valence-electron chi connectivity index (χ3n) is 2.27. The summed E-state index contributed by atoms with van der Waals surface area (Å²) in [5.74, 6) is 0.653. The van der Waals surface area contributed by atoms with Gasteiger partial charge in [0, 0.05) is 24.0 Å². The van der Waals surface area contributed by atoms with E-state index in [0.29, 0.717) is 11.9 Å². The Morgan fingerprint density at radius 2 is 2.00 bits per heavy atom. The van der Waals surface area contributed by atoms with E-state index in [0.717, 1.165) is 24.3 Å². The summed E-state index contributed by atoms with van der Waals surface area (Å²) in [6, 6.07) is 0.463. The largest absolute Gasteiger partial charge is 0.461 e. The Bertz CT molecular complexity index is 351. The Kier molecular flexibility index (Phi) is 5.35. The summed E-state index contributed by atoms with van der Waals surface area (Å²) < 4.78 is 5.45. The van der Waals surface area contributed by atoms with Crippen LogP contribution in [-0.2, 0) is 6.54 Å². The summed E-state index contributed by atoms with van der Waals surface area (Å²) in [4.78, 5) is 8.54. The standard InChI is InChI=1S/C13H23N3O/c1-9(2)6-14-7-12-8-15-13(16-11(12)5)17-10(3)4/h8-10,14H,6-7H2,1-5H3. The first kappa shape index (κ1) is 13.9. The first-order chi connectivity index (χ1) is 7.99. The van der Waals surface area contributed by atoms with E-state index in [1.807, 2.05) is 27.0 Å². The molecule has 0 amide bonds. The first-order valence-electron chi connectivity index (χ1n) is 6.19. The summed E-state index contributed by atoms with van der Waals surface area (Å²) in [5.41, 5.74) is 2.11. The molecule has 17 heavy (non-hydrogen) atoms. The van der Waals surface area contributed by atoms with E-state index in [9.17, 15) is 0 Å². The Labute approximate surface area is 104 Å². The maximum atomic E-state index is 5.45. The summed E-state index contributed by atoms with van der Waals surface area (Å²) in [6.45, 7) is 12.1. The smallest absolute Gasteiger partial charge is 0.316 e. The molecule has 0 radical (unpaired) electrons. The van der Waals surface area contributed by atoms with Crippen molar-refractivity contribution in [3.8, 4) is 6.01 Å². The number of hydrogen-bond acceptors (Lipinski definition) is 4. The maximum Gasteiger partial charge on any atom is 0.316 e. The van der Waals surface area contributed by atoms with Gasteiger partial charge in [-0.3, -0.25) is 0 Å². The van der Waals surface area contributed by atoms with Gasteiger partial charge in [0.25, 0.3) is 0 Å². The zero-order valence-corrected chi connectivity index (χ0v) is 11.4. The van der Waals surface area contributed by atoms with Crippen LogP contribution in [0.3, 0.4) is 0 Å². The number of aromatic nitrogens is 2. The lowest BCUT2D eigenvalue weighted by molar-refractivity contribution is 0.221. The van der Waals surface area contributed by atoms with Crippen LogP contribution in [0.1, 0.15) is 39.0 Å². The van der Waals surface area contributed by atoms with Crippen molar-refractivity contribution in [2.75, 3.05) is 6.54 Å². The molecule has 0 bridgehead atoms. The van der Waals surface area contributed by atoms with E-state index in [1.54, 1.807) is 0 Å². The predicted molar refractivity (Wildman–Crippen MR) is 69.1 cm³/mol. The Morgan fingerprint density at radius 1 is 1.29 bits per heavy atom. The molecular formula is C13H23N3O. The van der Waals surface area contributed by atoms with Crippen molar-refractivity contribution in [2.24, 2.45) is 5.92 Å². The third-order valence-corrected chi connectivity index (χ3v) is 2.27. The third kappa shape index (κ3) is 5.13. The van der Waals surface area contributed by atoms with Crippen LogP contribution in [-0.4, -0.2) is 22.6 Å². The highest BCUT2D eigenvalue weighted by Gasteiger charge is 2.05. The highest BCUT2D eigenvalue weighted by Crippen LogP contribution is 2.10. The highest BCUT2D eigenvalue weighted by molar-refractivity contribution is 5.17. The minimum absolute atomic E-state index is 0.110. The second kappa shape index (κ2) is 6.55. The second-order valence-electron chi connectivity index (χ2n) is 4.95. The number of aryl methyl sites for hydroxylation is 1. The molecule has 0 aliphatic carbocycles. The number of nitrogens with zero attached hydrogens (tertiary/aromatic N) is 2. The van der Waals surface area contributed by atoms with Gasteiger partial charge < -0.3 is 10.1 Å². The summed E-state index contributed by atoms with van der Waals surface area (Å²) >= 11 is 0. The van der Waals surface area contributed by atoms with Gasteiger partial charge in [-0.05, 0) is 33.2 Å². The normalized spacial score (nSPS) is 11.2. The van der Waals surface area contributed by atoms with Crippen LogP contribution in [0.25, 0.3) is 0 Å². The number of ether oxygens (including phenoxy) is 1. The Balaban J connectivity index is 2.57. The molecule has 0 atom stereocenters. The van der Waals surface area contributed by atoms with Crippen LogP contribution in [0.15, 0.2) is 6.20 Å². The summed E-state index contributed by atoms with van der Waals surface area (Å²) in [5, 5.41) is 3.38. The van der Waals surface area contributed by atoms with Gasteiger partial charge in [-0.25, -0.2) is 9.97 Å². The second-order valence-corrected chi connectivity index (χ2v) is 4.95. The molecule has 96 valence electrons. The van der Waals surface area contributed by atoms with Crippen molar-refractivity contribution in [1.29, 1.82) is 0 Å². The molecule has 0 aliphatic heterocycles. The lowest BCUT2D eigenvalue weighted by Gasteiger charge is -2.11. The van der Waals surface area contributed by atoms with Gasteiger partial charge in [0.1, 0.15) is 0 Å². The average molecular weight is 237 g/mol. The summed E-state index contributed by atoms with van der Waals surface area (Å²) in [6.07, 6.45) is 1.95. The van der Waals surface area contributed by atoms with Gasteiger partial charge in [-0.1, -0.05) is 13.8 Å². The highest BCUT2D eigenvalue weighted by atomic mass is 16.5. The van der Waals surface area contributed by atoms with Crippen molar-refractivity contribution in [3.63, 3.8) is 0 Å². The number of nitrogens with one attached hydrogen (secondary N) is 1. The van der Waals surface area contributed by atoms with E-state index in [1.165, 1.54) is 0 Å². The Hall–Kier alpha value is -1.16. The molecule has 0 unspecified atom stereocenters. The SMILES string of the molecule is Cc1nc(OC(C)C)ncc1CNCC(C)C. The van der Waals surface area contributed by atoms with Gasteiger partial charge in [-0.15, -0.1) is 0 Å². The monoisotopic (exact) mass is 237 g/mol. The molecule has 4 heteroatoms. The quantitative estimate of drug-likeness (QED) is 0.825. The number of rotatable bonds is 6. The molecule has 0 aliphatic rings. The topological polar surface area (TPSA) is 47.0 Å². The van der Waals surface area contributed by atoms with Gasteiger partial charge in [-0.2, -0.15) is 0 Å². The van der Waals surface area contributed by atoms with Gasteiger partial charge in [0.15, 0.2) is 0 Å². The van der Waals surface area contributed by atoms with Gasteiger partial charge in [0.2, 0.25) is 0 Å². The minimum Gasteiger partial charge on any atom is -0.461 e. The van der Waals surface area contributed by atoms with Gasteiger partial charge >= 0.3 is 6.01 Å². The van der Waals surface area contributed by atoms with Crippen molar-refractivity contribution < 1.29 is 4.74 Å². The molecule has 1 N–H and O–H groups in total. The van der Waals surface area contributed by atoms with Crippen LogP contribution in [0.5, 0.6) is 6.01 Å². The fourth-order valence-electron chi connectivity index (χ4n) is 1.41. The van der Waals surface area contributed by atoms with E-state index in [-0.39, 0.29) is 6.10 Å². The van der Waals surface area contributed by atoms with Crippen LogP contribution >= 0.6 is 0 Å². The average Bonchev–Trinajstić information content (AvgIpc) is 2.20. The maximum absolute atomic E-state index is 5.45. The molecule has 1 rings (SSSR count). The fraction of sp³-hybridized carbons (Fsp3) is 0.692. The molecule has 0 saturated carbocycles. The van der Waals surface area contributed by atoms with Gasteiger partial charge in [0.05, 0.1) is 6.10 Å². The predicted octanol–water partition coefficient (Wildman–Crippen LogP) is 2.32. The molecule has 0 saturated heterocycles. The van der Waals surface area contributed by atoms with E-state index in [2.05, 4.69) is 29.1 Å². The molecular weight excluding hydrogens is 214 g/mol. The number of hydrogen-bond donors (Lipinski definition) is 1. The molecule has 1 aromatic rings. The molecule has 0 aromatic carbocycles. The lowest BCUT2D eigenvalue weighted by Crippen LogP contribution is -2.20.